The van der Waals surface area contributed by atoms with E-state index in [1.165, 1.54) is 0 Å². The number of nitrogens with one attached hydrogen (secondary N) is 1. The van der Waals surface area contributed by atoms with Gasteiger partial charge in [-0.2, -0.15) is 0 Å². The zero-order valence-electron chi connectivity index (χ0n) is 9.37. The highest BCUT2D eigenvalue weighted by Gasteiger charge is 2.07. The number of halogens is 2. The molecule has 94 valence electrons. The molecule has 0 aromatic heterocycles. The van der Waals surface area contributed by atoms with E-state index >= 15 is 0 Å². The summed E-state index contributed by atoms with van der Waals surface area (Å²) in [5, 5.41) is 2.55. The Kier molecular flexibility index (Phi) is 4.84. The Morgan fingerprint density at radius 2 is 2.24 bits per heavy atom. The highest BCUT2D eigenvalue weighted by atomic mass is 19.3. The van der Waals surface area contributed by atoms with Crippen LogP contribution < -0.4 is 11.1 Å². The smallest absolute Gasteiger partial charge is 0.261 e. The summed E-state index contributed by atoms with van der Waals surface area (Å²) in [6, 6.07) is 4.99. The van der Waals surface area contributed by atoms with Crippen LogP contribution in [0.1, 0.15) is 5.56 Å². The molecule has 1 rings (SSSR count). The van der Waals surface area contributed by atoms with Crippen molar-refractivity contribution in [2.45, 2.75) is 13.3 Å². The first-order chi connectivity index (χ1) is 7.99. The van der Waals surface area contributed by atoms with E-state index in [0.29, 0.717) is 11.4 Å². The number of nitrogens with two attached hydrogens (primary N) is 1. The molecule has 0 fully saturated rings. The van der Waals surface area contributed by atoms with Crippen molar-refractivity contribution in [1.29, 1.82) is 0 Å². The molecule has 0 unspecified atom stereocenters. The van der Waals surface area contributed by atoms with Crippen molar-refractivity contribution in [3.8, 4) is 0 Å². The maximum atomic E-state index is 11.8. The molecule has 0 bridgehead atoms. The van der Waals surface area contributed by atoms with Crippen molar-refractivity contribution in [2.75, 3.05) is 24.3 Å². The van der Waals surface area contributed by atoms with E-state index in [9.17, 15) is 13.6 Å². The predicted molar refractivity (Wildman–Crippen MR) is 61.0 cm³/mol. The van der Waals surface area contributed by atoms with Crippen LogP contribution in [0, 0.1) is 6.92 Å². The maximum absolute atomic E-state index is 11.8. The number of nitrogen functional groups attached to an aromatic ring is 1. The molecule has 4 nitrogen and oxygen atoms in total. The molecule has 6 heteroatoms. The second-order valence-electron chi connectivity index (χ2n) is 3.53. The van der Waals surface area contributed by atoms with E-state index in [0.717, 1.165) is 5.56 Å². The standard InChI is InChI=1S/C11H14F2N2O2/c1-7-4-8(14)2-3-9(7)15-11(16)6-17-5-10(12)13/h2-4,10H,5-6,14H2,1H3,(H,15,16). The van der Waals surface area contributed by atoms with Gasteiger partial charge in [-0.3, -0.25) is 4.79 Å². The van der Waals surface area contributed by atoms with Crippen molar-refractivity contribution in [2.24, 2.45) is 0 Å². The van der Waals surface area contributed by atoms with Crippen LogP contribution in [0.15, 0.2) is 18.2 Å². The van der Waals surface area contributed by atoms with Gasteiger partial charge in [-0.05, 0) is 30.7 Å². The Balaban J connectivity index is 2.45. The van der Waals surface area contributed by atoms with Gasteiger partial charge in [0.25, 0.3) is 6.43 Å². The average Bonchev–Trinajstić information content (AvgIpc) is 2.21. The highest BCUT2D eigenvalue weighted by Crippen LogP contribution is 2.17. The third-order valence-electron chi connectivity index (χ3n) is 2.00. The predicted octanol–water partition coefficient (Wildman–Crippen LogP) is 1.80. The number of benzene rings is 1. The summed E-state index contributed by atoms with van der Waals surface area (Å²) < 4.78 is 28.0. The molecule has 0 spiro atoms. The lowest BCUT2D eigenvalue weighted by Crippen LogP contribution is -2.20. The minimum Gasteiger partial charge on any atom is -0.399 e. The summed E-state index contributed by atoms with van der Waals surface area (Å²) in [5.41, 5.74) is 7.53. The fourth-order valence-electron chi connectivity index (χ4n) is 1.25. The molecule has 0 heterocycles. The second-order valence-corrected chi connectivity index (χ2v) is 3.53. The molecule has 0 aliphatic carbocycles. The molecule has 0 saturated carbocycles. The van der Waals surface area contributed by atoms with Gasteiger partial charge in [0.2, 0.25) is 5.91 Å². The third-order valence-corrected chi connectivity index (χ3v) is 2.00. The number of hydrogen-bond acceptors (Lipinski definition) is 3. The minimum atomic E-state index is -2.57. The molecule has 1 aromatic carbocycles. The number of carbonyl (C=O) groups excluding carboxylic acids is 1. The fourth-order valence-corrected chi connectivity index (χ4v) is 1.25. The van der Waals surface area contributed by atoms with E-state index in [2.05, 4.69) is 10.1 Å². The Bertz CT molecular complexity index is 397. The van der Waals surface area contributed by atoms with Gasteiger partial charge < -0.3 is 15.8 Å². The largest absolute Gasteiger partial charge is 0.399 e. The molecule has 0 saturated heterocycles. The Morgan fingerprint density at radius 1 is 1.53 bits per heavy atom. The normalized spacial score (nSPS) is 10.6. The second kappa shape index (κ2) is 6.15. The first-order valence-corrected chi connectivity index (χ1v) is 5.01. The van der Waals surface area contributed by atoms with Crippen molar-refractivity contribution in [1.82, 2.24) is 0 Å². The number of hydrogen-bond donors (Lipinski definition) is 2. The van der Waals surface area contributed by atoms with E-state index in [1.807, 2.05) is 0 Å². The summed E-state index contributed by atoms with van der Waals surface area (Å²) in [7, 11) is 0. The summed E-state index contributed by atoms with van der Waals surface area (Å²) >= 11 is 0. The van der Waals surface area contributed by atoms with Crippen molar-refractivity contribution in [3.63, 3.8) is 0 Å². The topological polar surface area (TPSA) is 64.3 Å². The summed E-state index contributed by atoms with van der Waals surface area (Å²) in [6.45, 7) is 0.647. The molecule has 1 aromatic rings. The molecule has 0 aliphatic rings. The molecule has 0 aliphatic heterocycles. The van der Waals surface area contributed by atoms with Crippen LogP contribution in [0.25, 0.3) is 0 Å². The number of amides is 1. The number of alkyl halides is 2. The van der Waals surface area contributed by atoms with Gasteiger partial charge in [0.1, 0.15) is 13.2 Å². The van der Waals surface area contributed by atoms with Gasteiger partial charge in [0.15, 0.2) is 0 Å². The summed E-state index contributed by atoms with van der Waals surface area (Å²) in [6.07, 6.45) is -2.57. The van der Waals surface area contributed by atoms with Crippen LogP contribution in [0.2, 0.25) is 0 Å². The van der Waals surface area contributed by atoms with Crippen molar-refractivity contribution < 1.29 is 18.3 Å². The number of ether oxygens (including phenoxy) is 1. The molecule has 0 atom stereocenters. The minimum absolute atomic E-state index is 0.395. The van der Waals surface area contributed by atoms with Gasteiger partial charge >= 0.3 is 0 Å². The number of carbonyl (C=O) groups is 1. The van der Waals surface area contributed by atoms with Gasteiger partial charge in [-0.15, -0.1) is 0 Å². The van der Waals surface area contributed by atoms with Gasteiger partial charge in [-0.1, -0.05) is 0 Å². The zero-order valence-corrected chi connectivity index (χ0v) is 9.37. The lowest BCUT2D eigenvalue weighted by atomic mass is 10.2. The molecule has 1 amide bonds. The highest BCUT2D eigenvalue weighted by molar-refractivity contribution is 5.92. The van der Waals surface area contributed by atoms with Gasteiger partial charge in [0, 0.05) is 11.4 Å². The number of aryl methyl sites for hydroxylation is 1. The SMILES string of the molecule is Cc1cc(N)ccc1NC(=O)COCC(F)F. The summed E-state index contributed by atoms with van der Waals surface area (Å²) in [4.78, 5) is 11.3. The van der Waals surface area contributed by atoms with Crippen molar-refractivity contribution in [3.05, 3.63) is 23.8 Å². The fraction of sp³-hybridized carbons (Fsp3) is 0.364. The molecular weight excluding hydrogens is 230 g/mol. The lowest BCUT2D eigenvalue weighted by molar-refractivity contribution is -0.121. The number of rotatable bonds is 5. The average molecular weight is 244 g/mol. The zero-order chi connectivity index (χ0) is 12.8. The first kappa shape index (κ1) is 13.4. The Morgan fingerprint density at radius 3 is 2.82 bits per heavy atom. The monoisotopic (exact) mass is 244 g/mol. The van der Waals surface area contributed by atoms with Crippen LogP contribution in [0.3, 0.4) is 0 Å². The van der Waals surface area contributed by atoms with E-state index < -0.39 is 25.5 Å². The van der Waals surface area contributed by atoms with Crippen LogP contribution in [0.4, 0.5) is 20.2 Å². The molecule has 3 N–H and O–H groups in total. The lowest BCUT2D eigenvalue weighted by Gasteiger charge is -2.09. The summed E-state index contributed by atoms with van der Waals surface area (Å²) in [5.74, 6) is -0.474. The Labute approximate surface area is 97.8 Å². The van der Waals surface area contributed by atoms with Gasteiger partial charge in [-0.25, -0.2) is 8.78 Å². The van der Waals surface area contributed by atoms with E-state index in [4.69, 9.17) is 5.73 Å². The quantitative estimate of drug-likeness (QED) is 0.776. The maximum Gasteiger partial charge on any atom is 0.261 e. The van der Waals surface area contributed by atoms with Gasteiger partial charge in [0.05, 0.1) is 0 Å². The molecular formula is C11H14F2N2O2. The Hall–Kier alpha value is -1.69. The van der Waals surface area contributed by atoms with Crippen molar-refractivity contribution >= 4 is 17.3 Å². The van der Waals surface area contributed by atoms with Crippen LogP contribution >= 0.6 is 0 Å². The van der Waals surface area contributed by atoms with Crippen LogP contribution in [-0.4, -0.2) is 25.5 Å². The van der Waals surface area contributed by atoms with Crippen LogP contribution in [0.5, 0.6) is 0 Å². The molecule has 0 radical (unpaired) electrons. The van der Waals surface area contributed by atoms with E-state index in [1.54, 1.807) is 25.1 Å². The van der Waals surface area contributed by atoms with E-state index in [-0.39, 0.29) is 0 Å². The van der Waals surface area contributed by atoms with Crippen LogP contribution in [-0.2, 0) is 9.53 Å². The third kappa shape index (κ3) is 4.78. The molecule has 17 heavy (non-hydrogen) atoms. The number of anilines is 2. The first-order valence-electron chi connectivity index (χ1n) is 5.01.